The van der Waals surface area contributed by atoms with Crippen molar-refractivity contribution in [1.82, 2.24) is 4.90 Å². The predicted molar refractivity (Wildman–Crippen MR) is 74.9 cm³/mol. The summed E-state index contributed by atoms with van der Waals surface area (Å²) in [5.41, 5.74) is 0.806. The van der Waals surface area contributed by atoms with E-state index in [4.69, 9.17) is 0 Å². The maximum absolute atomic E-state index is 12.2. The number of rotatable bonds is 3. The zero-order valence-corrected chi connectivity index (χ0v) is 11.4. The average Bonchev–Trinajstić information content (AvgIpc) is 2.42. The molecular weight excluding hydrogens is 240 g/mol. The monoisotopic (exact) mass is 260 g/mol. The fourth-order valence-electron chi connectivity index (χ4n) is 2.33. The van der Waals surface area contributed by atoms with Crippen LogP contribution in [0.4, 0.5) is 5.69 Å². The number of hydrogen-bond acceptors (Lipinski definition) is 3. The molecule has 1 aromatic carbocycles. The highest BCUT2D eigenvalue weighted by Crippen LogP contribution is 2.16. The van der Waals surface area contributed by atoms with Gasteiger partial charge in [0.05, 0.1) is 6.04 Å². The molecule has 1 fully saturated rings. The number of anilines is 1. The summed E-state index contributed by atoms with van der Waals surface area (Å²) in [4.78, 5) is 25.7. The lowest BCUT2D eigenvalue weighted by molar-refractivity contribution is -0.129. The van der Waals surface area contributed by atoms with Gasteiger partial charge >= 0.3 is 0 Å². The quantitative estimate of drug-likeness (QED) is 0.903. The Hall–Kier alpha value is -1.68. The van der Waals surface area contributed by atoms with Gasteiger partial charge in [0.15, 0.2) is 0 Å². The maximum Gasteiger partial charge on any atom is 0.241 e. The Morgan fingerprint density at radius 2 is 2.05 bits per heavy atom. The van der Waals surface area contributed by atoms with Crippen molar-refractivity contribution in [2.75, 3.05) is 18.4 Å². The van der Waals surface area contributed by atoms with Crippen molar-refractivity contribution in [3.8, 4) is 0 Å². The van der Waals surface area contributed by atoms with Gasteiger partial charge in [-0.15, -0.1) is 0 Å². The van der Waals surface area contributed by atoms with Crippen LogP contribution in [0.25, 0.3) is 0 Å². The Morgan fingerprint density at radius 3 is 2.68 bits per heavy atom. The Labute approximate surface area is 113 Å². The van der Waals surface area contributed by atoms with E-state index in [9.17, 15) is 9.59 Å². The van der Waals surface area contributed by atoms with Gasteiger partial charge in [-0.25, -0.2) is 0 Å². The molecule has 0 aliphatic carbocycles. The summed E-state index contributed by atoms with van der Waals surface area (Å²) in [6.45, 7) is 5.16. The van der Waals surface area contributed by atoms with Gasteiger partial charge in [0.25, 0.3) is 0 Å². The average molecular weight is 260 g/mol. The first-order valence-corrected chi connectivity index (χ1v) is 6.70. The van der Waals surface area contributed by atoms with E-state index in [1.54, 1.807) is 0 Å². The zero-order valence-electron chi connectivity index (χ0n) is 11.4. The third-order valence-electron chi connectivity index (χ3n) is 3.67. The van der Waals surface area contributed by atoms with Crippen LogP contribution in [0.1, 0.15) is 20.3 Å². The van der Waals surface area contributed by atoms with Crippen molar-refractivity contribution in [3.05, 3.63) is 30.3 Å². The highest BCUT2D eigenvalue weighted by Gasteiger charge is 2.29. The lowest BCUT2D eigenvalue weighted by atomic mass is 9.97. The number of hydrogen-bond donors (Lipinski definition) is 1. The van der Waals surface area contributed by atoms with Crippen LogP contribution in [0, 0.1) is 5.92 Å². The number of amides is 1. The van der Waals surface area contributed by atoms with Gasteiger partial charge < -0.3 is 5.32 Å². The molecule has 0 saturated carbocycles. The van der Waals surface area contributed by atoms with Crippen LogP contribution in [-0.2, 0) is 9.59 Å². The van der Waals surface area contributed by atoms with E-state index in [0.717, 1.165) is 5.69 Å². The number of para-hydroxylation sites is 1. The van der Waals surface area contributed by atoms with Crippen LogP contribution in [-0.4, -0.2) is 35.7 Å². The van der Waals surface area contributed by atoms with Gasteiger partial charge in [0, 0.05) is 31.1 Å². The van der Waals surface area contributed by atoms with Gasteiger partial charge in [-0.2, -0.15) is 0 Å². The third kappa shape index (κ3) is 3.41. The van der Waals surface area contributed by atoms with Gasteiger partial charge in [0.1, 0.15) is 5.78 Å². The van der Waals surface area contributed by atoms with Crippen molar-refractivity contribution in [2.45, 2.75) is 26.3 Å². The van der Waals surface area contributed by atoms with E-state index in [-0.39, 0.29) is 17.9 Å². The highest BCUT2D eigenvalue weighted by atomic mass is 16.2. The Bertz CT molecular complexity index is 458. The molecule has 2 atom stereocenters. The molecule has 1 aliphatic heterocycles. The first kappa shape index (κ1) is 13.7. The SMILES string of the molecule is CC1CN(C(C)C(=O)Nc2ccccc2)CCC1=O. The molecule has 19 heavy (non-hydrogen) atoms. The maximum atomic E-state index is 12.2. The molecule has 4 heteroatoms. The van der Waals surface area contributed by atoms with Crippen molar-refractivity contribution in [2.24, 2.45) is 5.92 Å². The van der Waals surface area contributed by atoms with Crippen molar-refractivity contribution >= 4 is 17.4 Å². The van der Waals surface area contributed by atoms with E-state index in [0.29, 0.717) is 25.3 Å². The van der Waals surface area contributed by atoms with Crippen molar-refractivity contribution < 1.29 is 9.59 Å². The summed E-state index contributed by atoms with van der Waals surface area (Å²) in [6, 6.07) is 9.22. The Morgan fingerprint density at radius 1 is 1.37 bits per heavy atom. The summed E-state index contributed by atoms with van der Waals surface area (Å²) >= 11 is 0. The zero-order chi connectivity index (χ0) is 13.8. The molecule has 1 amide bonds. The molecule has 4 nitrogen and oxygen atoms in total. The van der Waals surface area contributed by atoms with Crippen LogP contribution >= 0.6 is 0 Å². The third-order valence-corrected chi connectivity index (χ3v) is 3.67. The minimum Gasteiger partial charge on any atom is -0.325 e. The van der Waals surface area contributed by atoms with Crippen molar-refractivity contribution in [3.63, 3.8) is 0 Å². The van der Waals surface area contributed by atoms with Crippen molar-refractivity contribution in [1.29, 1.82) is 0 Å². The normalized spacial score (nSPS) is 22.0. The summed E-state index contributed by atoms with van der Waals surface area (Å²) in [5.74, 6) is 0.306. The number of nitrogens with zero attached hydrogens (tertiary/aromatic N) is 1. The fourth-order valence-corrected chi connectivity index (χ4v) is 2.33. The van der Waals surface area contributed by atoms with Crippen LogP contribution in [0.3, 0.4) is 0 Å². The molecule has 1 saturated heterocycles. The first-order chi connectivity index (χ1) is 9.08. The number of ketones is 1. The minimum absolute atomic E-state index is 0.0206. The molecule has 1 heterocycles. The van der Waals surface area contributed by atoms with Crippen LogP contribution < -0.4 is 5.32 Å². The lowest BCUT2D eigenvalue weighted by Crippen LogP contribution is -2.49. The second kappa shape index (κ2) is 5.97. The number of piperidine rings is 1. The van der Waals surface area contributed by atoms with E-state index in [1.165, 1.54) is 0 Å². The molecule has 102 valence electrons. The molecule has 0 spiro atoms. The van der Waals surface area contributed by atoms with E-state index in [2.05, 4.69) is 10.2 Å². The Kier molecular flexibility index (Phi) is 4.32. The predicted octanol–water partition coefficient (Wildman–Crippen LogP) is 1.92. The van der Waals surface area contributed by atoms with E-state index < -0.39 is 0 Å². The fraction of sp³-hybridized carbons (Fsp3) is 0.467. The number of nitrogens with one attached hydrogen (secondary N) is 1. The second-order valence-corrected chi connectivity index (χ2v) is 5.14. The molecule has 2 unspecified atom stereocenters. The number of Topliss-reactive ketones (excluding diaryl/α,β-unsaturated/α-hetero) is 1. The lowest BCUT2D eigenvalue weighted by Gasteiger charge is -2.33. The van der Waals surface area contributed by atoms with E-state index in [1.807, 2.05) is 44.2 Å². The minimum atomic E-state index is -0.212. The number of carbonyl (C=O) groups is 2. The summed E-state index contributed by atoms with van der Waals surface area (Å²) in [7, 11) is 0. The molecule has 0 radical (unpaired) electrons. The van der Waals surface area contributed by atoms with Crippen LogP contribution in [0.15, 0.2) is 30.3 Å². The highest BCUT2D eigenvalue weighted by molar-refractivity contribution is 5.94. The summed E-state index contributed by atoms with van der Waals surface area (Å²) < 4.78 is 0. The summed E-state index contributed by atoms with van der Waals surface area (Å²) in [5, 5.41) is 2.90. The second-order valence-electron chi connectivity index (χ2n) is 5.14. The molecule has 1 N–H and O–H groups in total. The molecule has 1 aromatic rings. The molecule has 2 rings (SSSR count). The molecule has 1 aliphatic rings. The molecular formula is C15H20N2O2. The molecule has 0 bridgehead atoms. The van der Waals surface area contributed by atoms with Gasteiger partial charge in [0.2, 0.25) is 5.91 Å². The number of benzene rings is 1. The van der Waals surface area contributed by atoms with Crippen LogP contribution in [0.2, 0.25) is 0 Å². The van der Waals surface area contributed by atoms with Gasteiger partial charge in [-0.1, -0.05) is 25.1 Å². The Balaban J connectivity index is 1.94. The summed E-state index contributed by atoms with van der Waals surface area (Å²) in [6.07, 6.45) is 0.546. The topological polar surface area (TPSA) is 49.4 Å². The first-order valence-electron chi connectivity index (χ1n) is 6.70. The largest absolute Gasteiger partial charge is 0.325 e. The number of carbonyl (C=O) groups excluding carboxylic acids is 2. The van der Waals surface area contributed by atoms with Crippen LogP contribution in [0.5, 0.6) is 0 Å². The van der Waals surface area contributed by atoms with Gasteiger partial charge in [-0.3, -0.25) is 14.5 Å². The smallest absolute Gasteiger partial charge is 0.241 e. The standard InChI is InChI=1S/C15H20N2O2/c1-11-10-17(9-8-14(11)18)12(2)15(19)16-13-6-4-3-5-7-13/h3-7,11-12H,8-10H2,1-2H3,(H,16,19). The van der Waals surface area contributed by atoms with Gasteiger partial charge in [-0.05, 0) is 19.1 Å². The molecule has 0 aromatic heterocycles. The van der Waals surface area contributed by atoms with E-state index >= 15 is 0 Å². The number of likely N-dealkylation sites (tertiary alicyclic amines) is 1.